The van der Waals surface area contributed by atoms with E-state index in [2.05, 4.69) is 5.10 Å². The van der Waals surface area contributed by atoms with E-state index in [0.29, 0.717) is 24.4 Å². The molecule has 0 bridgehead atoms. The van der Waals surface area contributed by atoms with Crippen molar-refractivity contribution in [3.63, 3.8) is 0 Å². The Hall–Kier alpha value is -1.82. The van der Waals surface area contributed by atoms with Crippen molar-refractivity contribution >= 4 is 0 Å². The van der Waals surface area contributed by atoms with Gasteiger partial charge in [0.05, 0.1) is 11.8 Å². The molecule has 0 aliphatic carbocycles. The SMILES string of the molecule is CCn1nc(C)cc1CC(O)c1cc(F)c(F)cc1F. The van der Waals surface area contributed by atoms with Crippen LogP contribution in [0, 0.1) is 24.4 Å². The molecular weight excluding hydrogens is 269 g/mol. The molecule has 1 atom stereocenters. The van der Waals surface area contributed by atoms with E-state index < -0.39 is 23.6 Å². The van der Waals surface area contributed by atoms with Crippen LogP contribution in [0.15, 0.2) is 18.2 Å². The van der Waals surface area contributed by atoms with Crippen molar-refractivity contribution < 1.29 is 18.3 Å². The van der Waals surface area contributed by atoms with E-state index in [1.807, 2.05) is 6.92 Å². The Balaban J connectivity index is 2.28. The van der Waals surface area contributed by atoms with E-state index in [0.717, 1.165) is 5.69 Å². The summed E-state index contributed by atoms with van der Waals surface area (Å²) in [7, 11) is 0. The van der Waals surface area contributed by atoms with Crippen molar-refractivity contribution in [2.45, 2.75) is 32.9 Å². The molecule has 1 heterocycles. The van der Waals surface area contributed by atoms with E-state index in [-0.39, 0.29) is 12.0 Å². The van der Waals surface area contributed by atoms with Gasteiger partial charge in [0.1, 0.15) is 5.82 Å². The summed E-state index contributed by atoms with van der Waals surface area (Å²) >= 11 is 0. The average Bonchev–Trinajstić information content (AvgIpc) is 2.73. The van der Waals surface area contributed by atoms with Crippen molar-refractivity contribution in [3.05, 3.63) is 52.6 Å². The molecule has 0 aliphatic rings. The summed E-state index contributed by atoms with van der Waals surface area (Å²) in [6.45, 7) is 4.30. The molecule has 0 amide bonds. The van der Waals surface area contributed by atoms with Gasteiger partial charge in [0.2, 0.25) is 0 Å². The highest BCUT2D eigenvalue weighted by Crippen LogP contribution is 2.24. The lowest BCUT2D eigenvalue weighted by Gasteiger charge is -2.13. The van der Waals surface area contributed by atoms with Crippen molar-refractivity contribution in [1.82, 2.24) is 9.78 Å². The van der Waals surface area contributed by atoms with Gasteiger partial charge in [0, 0.05) is 30.3 Å². The molecule has 1 unspecified atom stereocenters. The number of benzene rings is 1. The van der Waals surface area contributed by atoms with Crippen LogP contribution in [0.1, 0.15) is 30.0 Å². The summed E-state index contributed by atoms with van der Waals surface area (Å²) in [5.74, 6) is -3.41. The topological polar surface area (TPSA) is 38.0 Å². The van der Waals surface area contributed by atoms with Gasteiger partial charge in [-0.3, -0.25) is 4.68 Å². The summed E-state index contributed by atoms with van der Waals surface area (Å²) in [5, 5.41) is 14.2. The lowest BCUT2D eigenvalue weighted by molar-refractivity contribution is 0.170. The van der Waals surface area contributed by atoms with E-state index in [9.17, 15) is 18.3 Å². The highest BCUT2D eigenvalue weighted by atomic mass is 19.2. The standard InChI is InChI=1S/C14H15F3N2O/c1-3-19-9(4-8(2)18-19)5-14(20)10-6-12(16)13(17)7-11(10)15/h4,6-7,14,20H,3,5H2,1-2H3. The Bertz CT molecular complexity index is 625. The molecule has 2 aromatic rings. The third kappa shape index (κ3) is 2.85. The fraction of sp³-hybridized carbons (Fsp3) is 0.357. The minimum Gasteiger partial charge on any atom is -0.388 e. The monoisotopic (exact) mass is 284 g/mol. The van der Waals surface area contributed by atoms with Gasteiger partial charge >= 0.3 is 0 Å². The van der Waals surface area contributed by atoms with Crippen molar-refractivity contribution in [3.8, 4) is 0 Å². The first-order valence-electron chi connectivity index (χ1n) is 6.28. The highest BCUT2D eigenvalue weighted by molar-refractivity contribution is 5.24. The zero-order chi connectivity index (χ0) is 14.9. The molecule has 0 spiro atoms. The van der Waals surface area contributed by atoms with Crippen LogP contribution in [-0.4, -0.2) is 14.9 Å². The van der Waals surface area contributed by atoms with Crippen molar-refractivity contribution in [2.24, 2.45) is 0 Å². The van der Waals surface area contributed by atoms with E-state index in [1.165, 1.54) is 0 Å². The zero-order valence-electron chi connectivity index (χ0n) is 11.2. The second-order valence-corrected chi connectivity index (χ2v) is 4.60. The van der Waals surface area contributed by atoms with Crippen LogP contribution in [0.2, 0.25) is 0 Å². The molecule has 1 N–H and O–H groups in total. The molecular formula is C14H15F3N2O. The van der Waals surface area contributed by atoms with Crippen LogP contribution in [0.25, 0.3) is 0 Å². The summed E-state index contributed by atoms with van der Waals surface area (Å²) in [4.78, 5) is 0. The summed E-state index contributed by atoms with van der Waals surface area (Å²) in [6.07, 6.45) is -1.18. The number of aliphatic hydroxyl groups is 1. The number of aromatic nitrogens is 2. The molecule has 0 aliphatic heterocycles. The van der Waals surface area contributed by atoms with Gasteiger partial charge in [0.25, 0.3) is 0 Å². The first kappa shape index (κ1) is 14.6. The molecule has 3 nitrogen and oxygen atoms in total. The number of aliphatic hydroxyl groups excluding tert-OH is 1. The van der Waals surface area contributed by atoms with E-state index >= 15 is 0 Å². The molecule has 108 valence electrons. The van der Waals surface area contributed by atoms with Crippen LogP contribution < -0.4 is 0 Å². The lowest BCUT2D eigenvalue weighted by atomic mass is 10.0. The minimum absolute atomic E-state index is 0.0800. The van der Waals surface area contributed by atoms with Crippen LogP contribution in [-0.2, 0) is 13.0 Å². The molecule has 0 radical (unpaired) electrons. The van der Waals surface area contributed by atoms with Crippen LogP contribution in [0.5, 0.6) is 0 Å². The van der Waals surface area contributed by atoms with E-state index in [1.54, 1.807) is 17.7 Å². The van der Waals surface area contributed by atoms with Crippen LogP contribution >= 0.6 is 0 Å². The number of aryl methyl sites for hydroxylation is 2. The molecule has 0 saturated heterocycles. The predicted molar refractivity (Wildman–Crippen MR) is 67.6 cm³/mol. The number of hydrogen-bond donors (Lipinski definition) is 1. The Morgan fingerprint density at radius 2 is 1.80 bits per heavy atom. The molecule has 20 heavy (non-hydrogen) atoms. The van der Waals surface area contributed by atoms with Crippen molar-refractivity contribution in [2.75, 3.05) is 0 Å². The fourth-order valence-corrected chi connectivity index (χ4v) is 2.14. The number of rotatable bonds is 4. The van der Waals surface area contributed by atoms with Gasteiger partial charge in [-0.25, -0.2) is 13.2 Å². The largest absolute Gasteiger partial charge is 0.388 e. The number of hydrogen-bond acceptors (Lipinski definition) is 2. The lowest BCUT2D eigenvalue weighted by Crippen LogP contribution is -2.10. The first-order chi connectivity index (χ1) is 9.42. The predicted octanol–water partition coefficient (Wildman–Crippen LogP) is 2.90. The molecule has 6 heteroatoms. The first-order valence-corrected chi connectivity index (χ1v) is 6.28. The Morgan fingerprint density at radius 1 is 1.15 bits per heavy atom. The maximum absolute atomic E-state index is 13.6. The Kier molecular flexibility index (Phi) is 4.13. The van der Waals surface area contributed by atoms with Crippen LogP contribution in [0.4, 0.5) is 13.2 Å². The zero-order valence-corrected chi connectivity index (χ0v) is 11.2. The second-order valence-electron chi connectivity index (χ2n) is 4.60. The smallest absolute Gasteiger partial charge is 0.161 e. The third-order valence-corrected chi connectivity index (χ3v) is 3.09. The summed E-state index contributed by atoms with van der Waals surface area (Å²) < 4.78 is 41.3. The summed E-state index contributed by atoms with van der Waals surface area (Å²) in [6, 6.07) is 2.90. The van der Waals surface area contributed by atoms with Gasteiger partial charge in [0.15, 0.2) is 11.6 Å². The maximum atomic E-state index is 13.6. The summed E-state index contributed by atoms with van der Waals surface area (Å²) in [5.41, 5.74) is 1.23. The maximum Gasteiger partial charge on any atom is 0.161 e. The molecule has 1 aromatic carbocycles. The normalized spacial score (nSPS) is 12.7. The third-order valence-electron chi connectivity index (χ3n) is 3.09. The quantitative estimate of drug-likeness (QED) is 0.877. The van der Waals surface area contributed by atoms with Crippen LogP contribution in [0.3, 0.4) is 0 Å². The van der Waals surface area contributed by atoms with Gasteiger partial charge in [-0.1, -0.05) is 0 Å². The average molecular weight is 284 g/mol. The van der Waals surface area contributed by atoms with Crippen molar-refractivity contribution in [1.29, 1.82) is 0 Å². The van der Waals surface area contributed by atoms with E-state index in [4.69, 9.17) is 0 Å². The van der Waals surface area contributed by atoms with Gasteiger partial charge in [-0.05, 0) is 26.0 Å². The van der Waals surface area contributed by atoms with Gasteiger partial charge in [-0.2, -0.15) is 5.10 Å². The molecule has 0 saturated carbocycles. The minimum atomic E-state index is -1.27. The second kappa shape index (κ2) is 5.66. The number of halogens is 3. The number of nitrogens with zero attached hydrogens (tertiary/aromatic N) is 2. The van der Waals surface area contributed by atoms with Gasteiger partial charge in [-0.15, -0.1) is 0 Å². The molecule has 1 aromatic heterocycles. The Morgan fingerprint density at radius 3 is 2.45 bits per heavy atom. The molecule has 2 rings (SSSR count). The highest BCUT2D eigenvalue weighted by Gasteiger charge is 2.19. The fourth-order valence-electron chi connectivity index (χ4n) is 2.14. The Labute approximate surface area is 114 Å². The molecule has 0 fully saturated rings. The van der Waals surface area contributed by atoms with Gasteiger partial charge < -0.3 is 5.11 Å².